The molecule has 3 nitrogen and oxygen atoms in total. The predicted octanol–water partition coefficient (Wildman–Crippen LogP) is 1.15. The van der Waals surface area contributed by atoms with Crippen molar-refractivity contribution in [2.24, 2.45) is 5.73 Å². The zero-order valence-corrected chi connectivity index (χ0v) is 7.48. The SMILES string of the molecule is C=CC[C@H](N)c1ccc(CO)nc1. The first-order chi connectivity index (χ1) is 6.27. The highest BCUT2D eigenvalue weighted by atomic mass is 16.3. The maximum absolute atomic E-state index is 8.76. The van der Waals surface area contributed by atoms with Gasteiger partial charge in [0.25, 0.3) is 0 Å². The summed E-state index contributed by atoms with van der Waals surface area (Å²) in [5.41, 5.74) is 7.45. The number of rotatable bonds is 4. The van der Waals surface area contributed by atoms with Crippen LogP contribution in [0.25, 0.3) is 0 Å². The highest BCUT2D eigenvalue weighted by Gasteiger charge is 2.03. The maximum Gasteiger partial charge on any atom is 0.0852 e. The van der Waals surface area contributed by atoms with Crippen LogP contribution in [0.3, 0.4) is 0 Å². The molecule has 0 saturated heterocycles. The lowest BCUT2D eigenvalue weighted by atomic mass is 10.1. The third kappa shape index (κ3) is 2.65. The standard InChI is InChI=1S/C10H14N2O/c1-2-3-10(11)8-4-5-9(7-13)12-6-8/h2,4-6,10,13H,1,3,7,11H2/t10-/m0/s1. The zero-order valence-electron chi connectivity index (χ0n) is 7.48. The van der Waals surface area contributed by atoms with E-state index in [4.69, 9.17) is 10.8 Å². The van der Waals surface area contributed by atoms with Gasteiger partial charge in [-0.15, -0.1) is 6.58 Å². The third-order valence-electron chi connectivity index (χ3n) is 1.86. The Morgan fingerprint density at radius 3 is 2.85 bits per heavy atom. The van der Waals surface area contributed by atoms with E-state index < -0.39 is 0 Å². The Bertz CT molecular complexity index is 269. The molecule has 0 saturated carbocycles. The molecule has 1 rings (SSSR count). The summed E-state index contributed by atoms with van der Waals surface area (Å²) in [6, 6.07) is 3.61. The van der Waals surface area contributed by atoms with Crippen molar-refractivity contribution in [3.63, 3.8) is 0 Å². The Hall–Kier alpha value is -1.19. The number of aromatic nitrogens is 1. The first-order valence-corrected chi connectivity index (χ1v) is 4.20. The van der Waals surface area contributed by atoms with E-state index in [-0.39, 0.29) is 12.6 Å². The number of hydrogen-bond donors (Lipinski definition) is 2. The molecule has 1 atom stereocenters. The van der Waals surface area contributed by atoms with Gasteiger partial charge in [0.15, 0.2) is 0 Å². The van der Waals surface area contributed by atoms with Crippen molar-refractivity contribution in [1.29, 1.82) is 0 Å². The molecule has 0 amide bonds. The first kappa shape index (κ1) is 9.89. The van der Waals surface area contributed by atoms with Gasteiger partial charge in [-0.25, -0.2) is 0 Å². The van der Waals surface area contributed by atoms with E-state index >= 15 is 0 Å². The lowest BCUT2D eigenvalue weighted by molar-refractivity contribution is 0.277. The van der Waals surface area contributed by atoms with E-state index in [1.807, 2.05) is 6.07 Å². The van der Waals surface area contributed by atoms with Crippen molar-refractivity contribution in [1.82, 2.24) is 4.98 Å². The van der Waals surface area contributed by atoms with Crippen molar-refractivity contribution in [3.05, 3.63) is 42.2 Å². The van der Waals surface area contributed by atoms with Gasteiger partial charge in [0.1, 0.15) is 0 Å². The van der Waals surface area contributed by atoms with Crippen LogP contribution in [-0.2, 0) is 6.61 Å². The summed E-state index contributed by atoms with van der Waals surface area (Å²) in [6.45, 7) is 3.59. The molecule has 0 bridgehead atoms. The fourth-order valence-corrected chi connectivity index (χ4v) is 1.06. The van der Waals surface area contributed by atoms with Crippen molar-refractivity contribution >= 4 is 0 Å². The van der Waals surface area contributed by atoms with Gasteiger partial charge in [-0.05, 0) is 18.1 Å². The fraction of sp³-hybridized carbons (Fsp3) is 0.300. The van der Waals surface area contributed by atoms with Crippen LogP contribution in [0, 0.1) is 0 Å². The third-order valence-corrected chi connectivity index (χ3v) is 1.86. The summed E-state index contributed by atoms with van der Waals surface area (Å²) in [7, 11) is 0. The van der Waals surface area contributed by atoms with Crippen LogP contribution in [0.1, 0.15) is 23.7 Å². The molecule has 0 fully saturated rings. The highest BCUT2D eigenvalue weighted by Crippen LogP contribution is 2.13. The molecular formula is C10H14N2O. The normalized spacial score (nSPS) is 12.5. The van der Waals surface area contributed by atoms with Crippen molar-refractivity contribution in [3.8, 4) is 0 Å². The second kappa shape index (κ2) is 4.74. The summed E-state index contributed by atoms with van der Waals surface area (Å²) < 4.78 is 0. The number of nitrogens with two attached hydrogens (primary N) is 1. The highest BCUT2D eigenvalue weighted by molar-refractivity contribution is 5.17. The smallest absolute Gasteiger partial charge is 0.0852 e. The number of hydrogen-bond acceptors (Lipinski definition) is 3. The Morgan fingerprint density at radius 2 is 2.38 bits per heavy atom. The molecule has 3 heteroatoms. The lowest BCUT2D eigenvalue weighted by Gasteiger charge is -2.08. The first-order valence-electron chi connectivity index (χ1n) is 4.20. The van der Waals surface area contributed by atoms with Crippen LogP contribution in [-0.4, -0.2) is 10.1 Å². The van der Waals surface area contributed by atoms with Crippen LogP contribution < -0.4 is 5.73 Å². The molecule has 0 radical (unpaired) electrons. The summed E-state index contributed by atoms with van der Waals surface area (Å²) >= 11 is 0. The summed E-state index contributed by atoms with van der Waals surface area (Å²) in [4.78, 5) is 4.04. The Balaban J connectivity index is 2.73. The van der Waals surface area contributed by atoms with Gasteiger partial charge >= 0.3 is 0 Å². The van der Waals surface area contributed by atoms with Crippen molar-refractivity contribution in [2.45, 2.75) is 19.1 Å². The Labute approximate surface area is 77.9 Å². The molecule has 1 aromatic heterocycles. The summed E-state index contributed by atoms with van der Waals surface area (Å²) in [6.07, 6.45) is 4.21. The van der Waals surface area contributed by atoms with Gasteiger partial charge in [0.2, 0.25) is 0 Å². The van der Waals surface area contributed by atoms with Gasteiger partial charge in [-0.2, -0.15) is 0 Å². The molecule has 70 valence electrons. The van der Waals surface area contributed by atoms with Gasteiger partial charge in [-0.3, -0.25) is 4.98 Å². The molecule has 1 heterocycles. The number of nitrogens with zero attached hydrogens (tertiary/aromatic N) is 1. The molecule has 0 unspecified atom stereocenters. The fourth-order valence-electron chi connectivity index (χ4n) is 1.06. The van der Waals surface area contributed by atoms with E-state index in [1.54, 1.807) is 18.3 Å². The van der Waals surface area contributed by atoms with Crippen LogP contribution in [0.2, 0.25) is 0 Å². The molecule has 1 aromatic rings. The second-order valence-electron chi connectivity index (χ2n) is 2.87. The average Bonchev–Trinajstić information content (AvgIpc) is 2.18. The van der Waals surface area contributed by atoms with E-state index in [1.165, 1.54) is 0 Å². The minimum atomic E-state index is -0.0438. The van der Waals surface area contributed by atoms with Crippen LogP contribution in [0.5, 0.6) is 0 Å². The van der Waals surface area contributed by atoms with Crippen LogP contribution in [0.15, 0.2) is 31.0 Å². The monoisotopic (exact) mass is 178 g/mol. The summed E-state index contributed by atoms with van der Waals surface area (Å²) in [5, 5.41) is 8.76. The molecule has 3 N–H and O–H groups in total. The number of aliphatic hydroxyl groups is 1. The molecule has 0 aliphatic heterocycles. The minimum absolute atomic E-state index is 0.0308. The lowest BCUT2D eigenvalue weighted by Crippen LogP contribution is -2.09. The molecule has 0 aliphatic carbocycles. The molecule has 13 heavy (non-hydrogen) atoms. The Kier molecular flexibility index (Phi) is 3.61. The zero-order chi connectivity index (χ0) is 9.68. The van der Waals surface area contributed by atoms with E-state index in [9.17, 15) is 0 Å². The molecule has 0 aromatic carbocycles. The van der Waals surface area contributed by atoms with Crippen molar-refractivity contribution < 1.29 is 5.11 Å². The van der Waals surface area contributed by atoms with E-state index in [2.05, 4.69) is 11.6 Å². The van der Waals surface area contributed by atoms with Gasteiger partial charge in [0, 0.05) is 12.2 Å². The second-order valence-corrected chi connectivity index (χ2v) is 2.87. The number of aliphatic hydroxyl groups excluding tert-OH is 1. The molecule has 0 spiro atoms. The van der Waals surface area contributed by atoms with Crippen molar-refractivity contribution in [2.75, 3.05) is 0 Å². The van der Waals surface area contributed by atoms with Crippen LogP contribution >= 0.6 is 0 Å². The van der Waals surface area contributed by atoms with Crippen LogP contribution in [0.4, 0.5) is 0 Å². The molecular weight excluding hydrogens is 164 g/mol. The average molecular weight is 178 g/mol. The predicted molar refractivity (Wildman–Crippen MR) is 51.9 cm³/mol. The molecule has 0 aliphatic rings. The van der Waals surface area contributed by atoms with Gasteiger partial charge in [0.05, 0.1) is 12.3 Å². The maximum atomic E-state index is 8.76. The summed E-state index contributed by atoms with van der Waals surface area (Å²) in [5.74, 6) is 0. The van der Waals surface area contributed by atoms with Gasteiger partial charge in [-0.1, -0.05) is 12.1 Å². The van der Waals surface area contributed by atoms with E-state index in [0.717, 1.165) is 12.0 Å². The topological polar surface area (TPSA) is 59.1 Å². The quantitative estimate of drug-likeness (QED) is 0.680. The Morgan fingerprint density at radius 1 is 1.62 bits per heavy atom. The van der Waals surface area contributed by atoms with E-state index in [0.29, 0.717) is 5.69 Å². The largest absolute Gasteiger partial charge is 0.390 e. The van der Waals surface area contributed by atoms with Gasteiger partial charge < -0.3 is 10.8 Å². The number of pyridine rings is 1. The minimum Gasteiger partial charge on any atom is -0.390 e.